The Balaban J connectivity index is 2.30. The Morgan fingerprint density at radius 2 is 1.76 bits per heavy atom. The van der Waals surface area contributed by atoms with Gasteiger partial charge in [-0.3, -0.25) is 0 Å². The van der Waals surface area contributed by atoms with Crippen LogP contribution in [0.2, 0.25) is 0 Å². The molecule has 2 atom stereocenters. The molecule has 0 amide bonds. The van der Waals surface area contributed by atoms with Gasteiger partial charge in [-0.2, -0.15) is 21.1 Å². The highest BCUT2D eigenvalue weighted by atomic mass is 32.2. The number of halogens is 3. The SMILES string of the molecule is CC1CN(c2nc(F)c(F)cc2F)CC(C)S1. The predicted molar refractivity (Wildman–Crippen MR) is 62.8 cm³/mol. The molecule has 1 aliphatic heterocycles. The molecule has 0 saturated carbocycles. The van der Waals surface area contributed by atoms with Gasteiger partial charge < -0.3 is 4.90 Å². The van der Waals surface area contributed by atoms with Gasteiger partial charge >= 0.3 is 0 Å². The fraction of sp³-hybridized carbons (Fsp3) is 0.545. The highest BCUT2D eigenvalue weighted by Gasteiger charge is 2.26. The quantitative estimate of drug-likeness (QED) is 0.724. The lowest BCUT2D eigenvalue weighted by molar-refractivity contribution is 0.462. The molecule has 1 aromatic heterocycles. The van der Waals surface area contributed by atoms with Crippen LogP contribution in [0.25, 0.3) is 0 Å². The molecule has 2 heterocycles. The number of pyridine rings is 1. The molecule has 0 aromatic carbocycles. The molecule has 94 valence electrons. The molecule has 2 unspecified atom stereocenters. The van der Waals surface area contributed by atoms with Crippen LogP contribution in [0.15, 0.2) is 6.07 Å². The Hall–Kier alpha value is -0.910. The van der Waals surface area contributed by atoms with Gasteiger partial charge in [0.2, 0.25) is 0 Å². The summed E-state index contributed by atoms with van der Waals surface area (Å²) in [6.07, 6.45) is 0. The summed E-state index contributed by atoms with van der Waals surface area (Å²) in [6, 6.07) is 0.550. The van der Waals surface area contributed by atoms with Crippen molar-refractivity contribution in [3.63, 3.8) is 0 Å². The largest absolute Gasteiger partial charge is 0.352 e. The van der Waals surface area contributed by atoms with E-state index in [0.717, 1.165) is 0 Å². The number of aromatic nitrogens is 1. The van der Waals surface area contributed by atoms with Crippen LogP contribution in [0, 0.1) is 17.6 Å². The van der Waals surface area contributed by atoms with Crippen LogP contribution in [0.5, 0.6) is 0 Å². The molecule has 1 aliphatic rings. The topological polar surface area (TPSA) is 16.1 Å². The lowest BCUT2D eigenvalue weighted by atomic mass is 10.3. The summed E-state index contributed by atoms with van der Waals surface area (Å²) in [5.74, 6) is -3.41. The van der Waals surface area contributed by atoms with Crippen LogP contribution in [-0.4, -0.2) is 28.6 Å². The third kappa shape index (κ3) is 2.68. The van der Waals surface area contributed by atoms with Crippen molar-refractivity contribution in [3.05, 3.63) is 23.6 Å². The van der Waals surface area contributed by atoms with Crippen LogP contribution in [0.4, 0.5) is 19.0 Å². The second-order valence-corrected chi connectivity index (χ2v) is 6.11. The molecule has 2 rings (SSSR count). The Labute approximate surface area is 102 Å². The van der Waals surface area contributed by atoms with E-state index < -0.39 is 17.6 Å². The normalized spacial score (nSPS) is 25.1. The minimum absolute atomic E-state index is 0.0945. The van der Waals surface area contributed by atoms with Crippen LogP contribution in [-0.2, 0) is 0 Å². The van der Waals surface area contributed by atoms with Crippen LogP contribution >= 0.6 is 11.8 Å². The van der Waals surface area contributed by atoms with Crippen molar-refractivity contribution in [3.8, 4) is 0 Å². The van der Waals surface area contributed by atoms with E-state index in [-0.39, 0.29) is 5.82 Å². The molecule has 0 radical (unpaired) electrons. The molecule has 6 heteroatoms. The number of nitrogens with zero attached hydrogens (tertiary/aromatic N) is 2. The standard InChI is InChI=1S/C11H13F3N2S/c1-6-4-16(5-7(2)17-6)11-9(13)3-8(12)10(14)15-11/h3,6-7H,4-5H2,1-2H3. The minimum Gasteiger partial charge on any atom is -0.352 e. The maximum atomic E-state index is 13.6. The molecule has 2 nitrogen and oxygen atoms in total. The van der Waals surface area contributed by atoms with Crippen molar-refractivity contribution in [2.24, 2.45) is 0 Å². The van der Waals surface area contributed by atoms with Crippen LogP contribution in [0.1, 0.15) is 13.8 Å². The third-order valence-electron chi connectivity index (χ3n) is 2.59. The van der Waals surface area contributed by atoms with Crippen molar-refractivity contribution in [1.29, 1.82) is 0 Å². The zero-order valence-electron chi connectivity index (χ0n) is 9.58. The average molecular weight is 262 g/mol. The lowest BCUT2D eigenvalue weighted by Crippen LogP contribution is -2.41. The summed E-state index contributed by atoms with van der Waals surface area (Å²) >= 11 is 1.79. The van der Waals surface area contributed by atoms with Gasteiger partial charge in [0.1, 0.15) is 0 Å². The van der Waals surface area contributed by atoms with Gasteiger partial charge in [0.25, 0.3) is 5.95 Å². The van der Waals surface area contributed by atoms with Gasteiger partial charge in [-0.15, -0.1) is 0 Å². The first-order valence-electron chi connectivity index (χ1n) is 5.39. The van der Waals surface area contributed by atoms with Gasteiger partial charge in [0.05, 0.1) is 0 Å². The summed E-state index contributed by atoms with van der Waals surface area (Å²) in [7, 11) is 0. The number of hydrogen-bond donors (Lipinski definition) is 0. The summed E-state index contributed by atoms with van der Waals surface area (Å²) < 4.78 is 39.4. The Morgan fingerprint density at radius 3 is 2.35 bits per heavy atom. The van der Waals surface area contributed by atoms with Crippen molar-refractivity contribution in [2.45, 2.75) is 24.3 Å². The fourth-order valence-electron chi connectivity index (χ4n) is 2.01. The first-order chi connectivity index (χ1) is 7.97. The molecule has 0 N–H and O–H groups in total. The van der Waals surface area contributed by atoms with Crippen LogP contribution < -0.4 is 4.90 Å². The van der Waals surface area contributed by atoms with E-state index in [1.807, 2.05) is 13.8 Å². The number of hydrogen-bond acceptors (Lipinski definition) is 3. The Morgan fingerprint density at radius 1 is 1.18 bits per heavy atom. The monoisotopic (exact) mass is 262 g/mol. The number of thioether (sulfide) groups is 1. The van der Waals surface area contributed by atoms with Gasteiger partial charge in [0, 0.05) is 29.7 Å². The van der Waals surface area contributed by atoms with E-state index in [1.165, 1.54) is 0 Å². The molecular formula is C11H13F3N2S. The first-order valence-corrected chi connectivity index (χ1v) is 6.33. The van der Waals surface area contributed by atoms with Gasteiger partial charge in [-0.25, -0.2) is 8.78 Å². The summed E-state index contributed by atoms with van der Waals surface area (Å²) in [6.45, 7) is 5.21. The zero-order chi connectivity index (χ0) is 12.6. The maximum absolute atomic E-state index is 13.6. The van der Waals surface area contributed by atoms with Gasteiger partial charge in [-0.1, -0.05) is 13.8 Å². The van der Waals surface area contributed by atoms with E-state index in [1.54, 1.807) is 16.7 Å². The molecule has 1 fully saturated rings. The average Bonchev–Trinajstić information content (AvgIpc) is 2.22. The smallest absolute Gasteiger partial charge is 0.251 e. The molecule has 1 aromatic rings. The lowest BCUT2D eigenvalue weighted by Gasteiger charge is -2.35. The summed E-state index contributed by atoms with van der Waals surface area (Å²) in [5, 5.41) is 0.626. The third-order valence-corrected chi connectivity index (χ3v) is 3.81. The second-order valence-electron chi connectivity index (χ2n) is 4.23. The van der Waals surface area contributed by atoms with E-state index in [2.05, 4.69) is 4.98 Å². The fourth-order valence-corrected chi connectivity index (χ4v) is 3.33. The van der Waals surface area contributed by atoms with Gasteiger partial charge in [-0.05, 0) is 0 Å². The molecule has 17 heavy (non-hydrogen) atoms. The predicted octanol–water partition coefficient (Wildman–Crippen LogP) is 2.83. The number of rotatable bonds is 1. The molecular weight excluding hydrogens is 249 g/mol. The molecule has 1 saturated heterocycles. The van der Waals surface area contributed by atoms with Crippen molar-refractivity contribution in [2.75, 3.05) is 18.0 Å². The van der Waals surface area contributed by atoms with E-state index in [0.29, 0.717) is 29.7 Å². The van der Waals surface area contributed by atoms with E-state index in [9.17, 15) is 13.2 Å². The minimum atomic E-state index is -1.25. The van der Waals surface area contributed by atoms with E-state index >= 15 is 0 Å². The molecule has 0 spiro atoms. The summed E-state index contributed by atoms with van der Waals surface area (Å²) in [4.78, 5) is 5.04. The highest BCUT2D eigenvalue weighted by molar-refractivity contribution is 8.00. The Kier molecular flexibility index (Phi) is 3.51. The Bertz CT molecular complexity index is 417. The zero-order valence-corrected chi connectivity index (χ0v) is 10.4. The van der Waals surface area contributed by atoms with Crippen molar-refractivity contribution >= 4 is 17.6 Å². The van der Waals surface area contributed by atoms with Crippen LogP contribution in [0.3, 0.4) is 0 Å². The second kappa shape index (κ2) is 4.76. The first kappa shape index (κ1) is 12.5. The molecule has 0 aliphatic carbocycles. The number of anilines is 1. The highest BCUT2D eigenvalue weighted by Crippen LogP contribution is 2.29. The van der Waals surface area contributed by atoms with Crippen molar-refractivity contribution in [1.82, 2.24) is 4.98 Å². The van der Waals surface area contributed by atoms with Crippen molar-refractivity contribution < 1.29 is 13.2 Å². The maximum Gasteiger partial charge on any atom is 0.251 e. The van der Waals surface area contributed by atoms with Gasteiger partial charge in [0.15, 0.2) is 17.5 Å². The van der Waals surface area contributed by atoms with E-state index in [4.69, 9.17) is 0 Å². The molecule has 0 bridgehead atoms. The summed E-state index contributed by atoms with van der Waals surface area (Å²) in [5.41, 5.74) is 0.